The highest BCUT2D eigenvalue weighted by molar-refractivity contribution is 14.1. The summed E-state index contributed by atoms with van der Waals surface area (Å²) in [7, 11) is 3.04. The summed E-state index contributed by atoms with van der Waals surface area (Å²) in [5.41, 5.74) is 0.538. The van der Waals surface area contributed by atoms with Gasteiger partial charge in [-0.15, -0.1) is 0 Å². The zero-order chi connectivity index (χ0) is 13.5. The van der Waals surface area contributed by atoms with Gasteiger partial charge in [0.2, 0.25) is 0 Å². The fourth-order valence-corrected chi connectivity index (χ4v) is 3.39. The second-order valence-electron chi connectivity index (χ2n) is 3.46. The Morgan fingerprint density at radius 2 is 1.78 bits per heavy atom. The van der Waals surface area contributed by atoms with Crippen molar-refractivity contribution in [3.8, 4) is 5.75 Å². The Hall–Kier alpha value is -0.0900. The van der Waals surface area contributed by atoms with Crippen molar-refractivity contribution in [2.45, 2.75) is 6.42 Å². The number of hydrogen-bond acceptors (Lipinski definition) is 4. The van der Waals surface area contributed by atoms with E-state index in [-0.39, 0.29) is 5.97 Å². The molecular weight excluding hydrogens is 462 g/mol. The number of halogens is 2. The number of benzene rings is 1. The minimum atomic E-state index is -0.336. The Kier molecular flexibility index (Phi) is 7.23. The monoisotopic (exact) mass is 476 g/mol. The Labute approximate surface area is 134 Å². The van der Waals surface area contributed by atoms with Crippen LogP contribution in [0.15, 0.2) is 12.1 Å². The summed E-state index contributed by atoms with van der Waals surface area (Å²) in [6, 6.07) is 3.53. The van der Waals surface area contributed by atoms with E-state index in [1.54, 1.807) is 19.2 Å². The molecule has 1 aromatic carbocycles. The summed E-state index contributed by atoms with van der Waals surface area (Å²) >= 11 is 4.31. The standard InChI is InChI=1S/C12H14I2O4/c1-16-4-3-5-18-11-9(13)6-8(7-10(11)14)12(15)17-2/h6-7H,3-5H2,1-2H3. The fraction of sp³-hybridized carbons (Fsp3) is 0.417. The number of carbonyl (C=O) groups is 1. The second kappa shape index (κ2) is 8.16. The van der Waals surface area contributed by atoms with Crippen LogP contribution in [0.3, 0.4) is 0 Å². The lowest BCUT2D eigenvalue weighted by molar-refractivity contribution is 0.0600. The van der Waals surface area contributed by atoms with Crippen molar-refractivity contribution in [2.24, 2.45) is 0 Å². The van der Waals surface area contributed by atoms with Crippen molar-refractivity contribution < 1.29 is 19.0 Å². The molecule has 0 saturated carbocycles. The third-order valence-corrected chi connectivity index (χ3v) is 3.76. The maximum atomic E-state index is 11.4. The smallest absolute Gasteiger partial charge is 0.337 e. The van der Waals surface area contributed by atoms with Gasteiger partial charge < -0.3 is 14.2 Å². The largest absolute Gasteiger partial charge is 0.491 e. The van der Waals surface area contributed by atoms with Crippen LogP contribution in [0, 0.1) is 7.14 Å². The minimum Gasteiger partial charge on any atom is -0.491 e. The van der Waals surface area contributed by atoms with Crippen LogP contribution in [0.1, 0.15) is 16.8 Å². The molecule has 18 heavy (non-hydrogen) atoms. The predicted octanol–water partition coefficient (Wildman–Crippen LogP) is 3.10. The van der Waals surface area contributed by atoms with Crippen LogP contribution in [0.25, 0.3) is 0 Å². The maximum Gasteiger partial charge on any atom is 0.337 e. The normalized spacial score (nSPS) is 10.2. The van der Waals surface area contributed by atoms with Gasteiger partial charge in [0.25, 0.3) is 0 Å². The molecule has 6 heteroatoms. The first-order valence-corrected chi connectivity index (χ1v) is 7.45. The first-order valence-electron chi connectivity index (χ1n) is 5.29. The summed E-state index contributed by atoms with van der Waals surface area (Å²) < 4.78 is 17.1. The molecule has 1 rings (SSSR count). The molecule has 0 aliphatic carbocycles. The molecule has 0 spiro atoms. The van der Waals surface area contributed by atoms with E-state index < -0.39 is 0 Å². The molecule has 0 saturated heterocycles. The number of hydrogen-bond donors (Lipinski definition) is 0. The Morgan fingerprint density at radius 1 is 1.17 bits per heavy atom. The molecule has 0 aliphatic rings. The molecule has 0 N–H and O–H groups in total. The number of esters is 1. The number of carbonyl (C=O) groups excluding carboxylic acids is 1. The average molecular weight is 476 g/mol. The van der Waals surface area contributed by atoms with Crippen molar-refractivity contribution in [3.05, 3.63) is 24.8 Å². The Morgan fingerprint density at radius 3 is 2.28 bits per heavy atom. The molecule has 0 aromatic heterocycles. The fourth-order valence-electron chi connectivity index (χ4n) is 1.31. The summed E-state index contributed by atoms with van der Waals surface area (Å²) in [5, 5.41) is 0. The zero-order valence-corrected chi connectivity index (χ0v) is 14.5. The SMILES string of the molecule is COCCCOc1c(I)cc(C(=O)OC)cc1I. The lowest BCUT2D eigenvalue weighted by Crippen LogP contribution is -2.06. The first-order chi connectivity index (χ1) is 8.60. The third-order valence-electron chi connectivity index (χ3n) is 2.16. The van der Waals surface area contributed by atoms with Gasteiger partial charge >= 0.3 is 5.97 Å². The predicted molar refractivity (Wildman–Crippen MR) is 85.2 cm³/mol. The molecule has 100 valence electrons. The molecule has 0 radical (unpaired) electrons. The summed E-state index contributed by atoms with van der Waals surface area (Å²) in [6.45, 7) is 1.27. The van der Waals surface area contributed by atoms with Gasteiger partial charge in [-0.1, -0.05) is 0 Å². The molecule has 4 nitrogen and oxygen atoms in total. The summed E-state index contributed by atoms with van der Waals surface area (Å²) in [5.74, 6) is 0.469. The molecule has 0 amide bonds. The van der Waals surface area contributed by atoms with E-state index in [0.29, 0.717) is 18.8 Å². The van der Waals surface area contributed by atoms with Gasteiger partial charge in [-0.3, -0.25) is 0 Å². The zero-order valence-electron chi connectivity index (χ0n) is 10.2. The van der Waals surface area contributed by atoms with Gasteiger partial charge in [0.1, 0.15) is 5.75 Å². The second-order valence-corrected chi connectivity index (χ2v) is 5.78. The molecule has 0 heterocycles. The minimum absolute atomic E-state index is 0.336. The van der Waals surface area contributed by atoms with Crippen LogP contribution in [0.2, 0.25) is 0 Å². The van der Waals surface area contributed by atoms with Crippen LogP contribution in [-0.4, -0.2) is 33.4 Å². The maximum absolute atomic E-state index is 11.4. The van der Waals surface area contributed by atoms with Gasteiger partial charge in [-0.25, -0.2) is 4.79 Å². The quantitative estimate of drug-likeness (QED) is 0.360. The van der Waals surface area contributed by atoms with Gasteiger partial charge in [-0.2, -0.15) is 0 Å². The Balaban J connectivity index is 2.78. The lowest BCUT2D eigenvalue weighted by atomic mass is 10.2. The molecule has 0 bridgehead atoms. The van der Waals surface area contributed by atoms with Crippen LogP contribution in [-0.2, 0) is 9.47 Å². The van der Waals surface area contributed by atoms with Gasteiger partial charge in [0, 0.05) is 20.1 Å². The number of ether oxygens (including phenoxy) is 3. The molecular formula is C12H14I2O4. The van der Waals surface area contributed by atoms with Crippen molar-refractivity contribution in [1.29, 1.82) is 0 Å². The van der Waals surface area contributed by atoms with Gasteiger partial charge in [0.05, 0.1) is 26.4 Å². The molecule has 0 unspecified atom stereocenters. The highest BCUT2D eigenvalue weighted by Crippen LogP contribution is 2.29. The molecule has 0 fully saturated rings. The molecule has 0 aliphatic heterocycles. The van der Waals surface area contributed by atoms with E-state index in [1.807, 2.05) is 0 Å². The van der Waals surface area contributed by atoms with Gasteiger partial charge in [0.15, 0.2) is 0 Å². The van der Waals surface area contributed by atoms with Crippen LogP contribution in [0.5, 0.6) is 5.75 Å². The van der Waals surface area contributed by atoms with Crippen molar-refractivity contribution in [3.63, 3.8) is 0 Å². The highest BCUT2D eigenvalue weighted by Gasteiger charge is 2.13. The topological polar surface area (TPSA) is 44.8 Å². The van der Waals surface area contributed by atoms with Crippen LogP contribution >= 0.6 is 45.2 Å². The van der Waals surface area contributed by atoms with E-state index in [9.17, 15) is 4.79 Å². The third kappa shape index (κ3) is 4.54. The van der Waals surface area contributed by atoms with E-state index >= 15 is 0 Å². The van der Waals surface area contributed by atoms with E-state index in [4.69, 9.17) is 14.2 Å². The average Bonchev–Trinajstić information content (AvgIpc) is 2.35. The molecule has 0 atom stereocenters. The van der Waals surface area contributed by atoms with E-state index in [1.165, 1.54) is 7.11 Å². The van der Waals surface area contributed by atoms with Gasteiger partial charge in [-0.05, 0) is 57.3 Å². The summed E-state index contributed by atoms with van der Waals surface area (Å²) in [6.07, 6.45) is 0.835. The van der Waals surface area contributed by atoms with Crippen molar-refractivity contribution in [1.82, 2.24) is 0 Å². The van der Waals surface area contributed by atoms with E-state index in [0.717, 1.165) is 19.3 Å². The van der Waals surface area contributed by atoms with E-state index in [2.05, 4.69) is 45.2 Å². The van der Waals surface area contributed by atoms with Crippen LogP contribution < -0.4 is 4.74 Å². The molecule has 1 aromatic rings. The Bertz CT molecular complexity index is 398. The highest BCUT2D eigenvalue weighted by atomic mass is 127. The number of rotatable bonds is 6. The summed E-state index contributed by atoms with van der Waals surface area (Å²) in [4.78, 5) is 11.4. The number of methoxy groups -OCH3 is 2. The van der Waals surface area contributed by atoms with Crippen LogP contribution in [0.4, 0.5) is 0 Å². The van der Waals surface area contributed by atoms with Crippen molar-refractivity contribution in [2.75, 3.05) is 27.4 Å². The lowest BCUT2D eigenvalue weighted by Gasteiger charge is -2.11. The first kappa shape index (κ1) is 16.0. The van der Waals surface area contributed by atoms with Crippen molar-refractivity contribution >= 4 is 51.2 Å².